The van der Waals surface area contributed by atoms with Crippen molar-refractivity contribution in [3.63, 3.8) is 0 Å². The van der Waals surface area contributed by atoms with Crippen LogP contribution in [0.3, 0.4) is 0 Å². The van der Waals surface area contributed by atoms with E-state index < -0.39 is 0 Å². The Hall–Kier alpha value is -1.35. The molecule has 0 aromatic heterocycles. The number of carbonyl (C=O) groups is 1. The van der Waals surface area contributed by atoms with E-state index in [1.807, 2.05) is 0 Å². The molecular weight excluding hydrogens is 260 g/mol. The van der Waals surface area contributed by atoms with Crippen LogP contribution < -0.4 is 5.73 Å². The summed E-state index contributed by atoms with van der Waals surface area (Å²) in [6.07, 6.45) is 3.77. The van der Waals surface area contributed by atoms with Crippen LogP contribution in [0.1, 0.15) is 56.7 Å². The number of rotatable bonds is 5. The van der Waals surface area contributed by atoms with E-state index in [4.69, 9.17) is 5.73 Å². The van der Waals surface area contributed by atoms with Gasteiger partial charge in [-0.05, 0) is 43.7 Å². The van der Waals surface area contributed by atoms with E-state index >= 15 is 0 Å². The van der Waals surface area contributed by atoms with Gasteiger partial charge in [0.2, 0.25) is 5.91 Å². The number of hydrogen-bond donors (Lipinski definition) is 1. The van der Waals surface area contributed by atoms with Gasteiger partial charge in [0.1, 0.15) is 0 Å². The van der Waals surface area contributed by atoms with Crippen LogP contribution in [0.15, 0.2) is 24.3 Å². The largest absolute Gasteiger partial charge is 0.335 e. The van der Waals surface area contributed by atoms with E-state index in [1.54, 1.807) is 0 Å². The fraction of sp³-hybridized carbons (Fsp3) is 0.611. The number of carbonyl (C=O) groups excluding carboxylic acids is 1. The van der Waals surface area contributed by atoms with Gasteiger partial charge >= 0.3 is 0 Å². The van der Waals surface area contributed by atoms with Crippen LogP contribution in [0.25, 0.3) is 0 Å². The van der Waals surface area contributed by atoms with Crippen LogP contribution in [-0.2, 0) is 4.79 Å². The van der Waals surface area contributed by atoms with Gasteiger partial charge in [-0.3, -0.25) is 4.79 Å². The van der Waals surface area contributed by atoms with Gasteiger partial charge in [-0.1, -0.05) is 38.1 Å². The second kappa shape index (κ2) is 6.61. The van der Waals surface area contributed by atoms with Crippen molar-refractivity contribution in [2.75, 3.05) is 13.1 Å². The van der Waals surface area contributed by atoms with E-state index in [0.717, 1.165) is 32.2 Å². The topological polar surface area (TPSA) is 46.3 Å². The van der Waals surface area contributed by atoms with Crippen molar-refractivity contribution in [3.8, 4) is 0 Å². The van der Waals surface area contributed by atoms with Crippen molar-refractivity contribution in [2.24, 2.45) is 11.1 Å². The fourth-order valence-electron chi connectivity index (χ4n) is 3.53. The standard InChI is InChI=1S/C18H28N2O/c1-4-18(5-2,13-19)17(21)20-12-8-11-16(20)15-10-7-6-9-14(15)3/h6-7,9-10,16H,4-5,8,11-13,19H2,1-3H3. The zero-order valence-corrected chi connectivity index (χ0v) is 13.6. The first kappa shape index (κ1) is 16.0. The minimum Gasteiger partial charge on any atom is -0.335 e. The summed E-state index contributed by atoms with van der Waals surface area (Å²) in [5, 5.41) is 0. The van der Waals surface area contributed by atoms with E-state index in [-0.39, 0.29) is 17.4 Å². The monoisotopic (exact) mass is 288 g/mol. The number of aryl methyl sites for hydroxylation is 1. The van der Waals surface area contributed by atoms with Crippen LogP contribution in [0.5, 0.6) is 0 Å². The maximum atomic E-state index is 13.1. The third kappa shape index (κ3) is 2.84. The van der Waals surface area contributed by atoms with Gasteiger partial charge in [-0.25, -0.2) is 0 Å². The van der Waals surface area contributed by atoms with Crippen LogP contribution in [0.2, 0.25) is 0 Å². The molecule has 0 bridgehead atoms. The molecule has 3 nitrogen and oxygen atoms in total. The minimum absolute atomic E-state index is 0.225. The molecule has 1 aliphatic heterocycles. The highest BCUT2D eigenvalue weighted by atomic mass is 16.2. The Morgan fingerprint density at radius 2 is 2.00 bits per heavy atom. The highest BCUT2D eigenvalue weighted by Crippen LogP contribution is 2.38. The first-order valence-electron chi connectivity index (χ1n) is 8.16. The average molecular weight is 288 g/mol. The predicted octanol–water partition coefficient (Wildman–Crippen LogP) is 3.42. The molecule has 1 amide bonds. The molecule has 2 N–H and O–H groups in total. The van der Waals surface area contributed by atoms with Crippen molar-refractivity contribution >= 4 is 5.91 Å². The Kier molecular flexibility index (Phi) is 5.04. The minimum atomic E-state index is -0.384. The Bertz CT molecular complexity index is 485. The molecule has 1 aromatic rings. The lowest BCUT2D eigenvalue weighted by Crippen LogP contribution is -2.47. The number of amides is 1. The van der Waals surface area contributed by atoms with E-state index in [9.17, 15) is 4.79 Å². The molecule has 0 aliphatic carbocycles. The first-order valence-corrected chi connectivity index (χ1v) is 8.16. The van der Waals surface area contributed by atoms with Gasteiger partial charge in [0, 0.05) is 13.1 Å². The SMILES string of the molecule is CCC(CC)(CN)C(=O)N1CCCC1c1ccccc1C. The summed E-state index contributed by atoms with van der Waals surface area (Å²) in [6.45, 7) is 7.59. The summed E-state index contributed by atoms with van der Waals surface area (Å²) in [5.74, 6) is 0.251. The predicted molar refractivity (Wildman–Crippen MR) is 86.9 cm³/mol. The van der Waals surface area contributed by atoms with E-state index in [0.29, 0.717) is 6.54 Å². The van der Waals surface area contributed by atoms with E-state index in [1.165, 1.54) is 11.1 Å². The third-order valence-corrected chi connectivity index (χ3v) is 5.26. The molecule has 21 heavy (non-hydrogen) atoms. The molecule has 1 unspecified atom stereocenters. The second-order valence-corrected chi connectivity index (χ2v) is 6.20. The number of nitrogens with two attached hydrogens (primary N) is 1. The van der Waals surface area contributed by atoms with Gasteiger partial charge in [0.15, 0.2) is 0 Å². The van der Waals surface area contributed by atoms with Crippen molar-refractivity contribution in [3.05, 3.63) is 35.4 Å². The van der Waals surface area contributed by atoms with Gasteiger partial charge in [-0.15, -0.1) is 0 Å². The zero-order chi connectivity index (χ0) is 15.5. The zero-order valence-electron chi connectivity index (χ0n) is 13.6. The summed E-state index contributed by atoms with van der Waals surface area (Å²) in [5.41, 5.74) is 8.15. The van der Waals surface area contributed by atoms with Crippen molar-refractivity contribution in [1.29, 1.82) is 0 Å². The summed E-state index contributed by atoms with van der Waals surface area (Å²) < 4.78 is 0. The molecule has 1 heterocycles. The molecule has 0 saturated carbocycles. The van der Waals surface area contributed by atoms with Crippen LogP contribution in [-0.4, -0.2) is 23.9 Å². The third-order valence-electron chi connectivity index (χ3n) is 5.26. The quantitative estimate of drug-likeness (QED) is 0.902. The summed E-state index contributed by atoms with van der Waals surface area (Å²) >= 11 is 0. The van der Waals surface area contributed by atoms with Crippen LogP contribution in [0.4, 0.5) is 0 Å². The first-order chi connectivity index (χ1) is 10.1. The lowest BCUT2D eigenvalue weighted by atomic mass is 9.80. The lowest BCUT2D eigenvalue weighted by Gasteiger charge is -2.36. The normalized spacial score (nSPS) is 19.0. The smallest absolute Gasteiger partial charge is 0.230 e. The Morgan fingerprint density at radius 3 is 2.57 bits per heavy atom. The summed E-state index contributed by atoms with van der Waals surface area (Å²) in [6, 6.07) is 8.64. The molecule has 1 atom stereocenters. The Labute approximate surface area is 128 Å². The van der Waals surface area contributed by atoms with Crippen LogP contribution >= 0.6 is 0 Å². The lowest BCUT2D eigenvalue weighted by molar-refractivity contribution is -0.143. The molecule has 116 valence electrons. The Morgan fingerprint density at radius 1 is 1.33 bits per heavy atom. The van der Waals surface area contributed by atoms with E-state index in [2.05, 4.69) is 49.9 Å². The molecule has 1 saturated heterocycles. The second-order valence-electron chi connectivity index (χ2n) is 6.20. The molecule has 1 aliphatic rings. The highest BCUT2D eigenvalue weighted by molar-refractivity contribution is 5.83. The van der Waals surface area contributed by atoms with Crippen molar-refractivity contribution in [1.82, 2.24) is 4.90 Å². The molecule has 1 aromatic carbocycles. The average Bonchev–Trinajstić information content (AvgIpc) is 2.99. The molecule has 3 heteroatoms. The van der Waals surface area contributed by atoms with Gasteiger partial charge < -0.3 is 10.6 Å². The highest BCUT2D eigenvalue weighted by Gasteiger charge is 2.41. The number of nitrogens with zero attached hydrogens (tertiary/aromatic N) is 1. The fourth-order valence-corrected chi connectivity index (χ4v) is 3.53. The maximum absolute atomic E-state index is 13.1. The number of hydrogen-bond acceptors (Lipinski definition) is 2. The summed E-state index contributed by atoms with van der Waals surface area (Å²) in [4.78, 5) is 15.2. The molecule has 0 radical (unpaired) electrons. The number of benzene rings is 1. The van der Waals surface area contributed by atoms with Gasteiger partial charge in [0.25, 0.3) is 0 Å². The number of likely N-dealkylation sites (tertiary alicyclic amines) is 1. The van der Waals surface area contributed by atoms with Crippen molar-refractivity contribution in [2.45, 2.75) is 52.5 Å². The Balaban J connectivity index is 2.31. The molecule has 0 spiro atoms. The van der Waals surface area contributed by atoms with Gasteiger partial charge in [0.05, 0.1) is 11.5 Å². The molecule has 2 rings (SSSR count). The van der Waals surface area contributed by atoms with Crippen molar-refractivity contribution < 1.29 is 4.79 Å². The molecular formula is C18H28N2O. The summed E-state index contributed by atoms with van der Waals surface area (Å²) in [7, 11) is 0. The van der Waals surface area contributed by atoms with Crippen LogP contribution in [0, 0.1) is 12.3 Å². The molecule has 1 fully saturated rings. The maximum Gasteiger partial charge on any atom is 0.230 e. The van der Waals surface area contributed by atoms with Gasteiger partial charge in [-0.2, -0.15) is 0 Å².